The Balaban J connectivity index is 1.51. The first-order valence-corrected chi connectivity index (χ1v) is 11.9. The first kappa shape index (κ1) is 21.8. The molecule has 0 radical (unpaired) electrons. The average molecular weight is 432 g/mol. The second-order valence-electron chi connectivity index (χ2n) is 11.8. The van der Waals surface area contributed by atoms with E-state index in [4.69, 9.17) is 4.74 Å². The molecule has 3 N–H and O–H groups in total. The van der Waals surface area contributed by atoms with E-state index in [-0.39, 0.29) is 35.1 Å². The monoisotopic (exact) mass is 431 g/mol. The number of hydrogen-bond acceptors (Lipinski definition) is 6. The minimum atomic E-state index is -1.12. The Morgan fingerprint density at radius 2 is 1.94 bits per heavy atom. The number of hydroxylamine groups is 2. The predicted molar refractivity (Wildman–Crippen MR) is 115 cm³/mol. The van der Waals surface area contributed by atoms with Gasteiger partial charge in [-0.3, -0.25) is 4.79 Å². The van der Waals surface area contributed by atoms with E-state index in [1.807, 2.05) is 19.9 Å². The zero-order valence-corrected chi connectivity index (χ0v) is 19.2. The number of fused-ring (bicyclic) bond motifs is 5. The molecule has 1 aliphatic heterocycles. The molecule has 4 fully saturated rings. The molecular formula is C25H37NO5. The van der Waals surface area contributed by atoms with Crippen LogP contribution >= 0.6 is 0 Å². The summed E-state index contributed by atoms with van der Waals surface area (Å²) in [7, 11) is 0. The van der Waals surface area contributed by atoms with Crippen molar-refractivity contribution in [2.24, 2.45) is 34.5 Å². The van der Waals surface area contributed by atoms with E-state index in [9.17, 15) is 20.2 Å². The zero-order chi connectivity index (χ0) is 22.4. The number of allylic oxidation sites excluding steroid dienone is 4. The summed E-state index contributed by atoms with van der Waals surface area (Å²) in [5.41, 5.74) is -1.05. The van der Waals surface area contributed by atoms with Crippen LogP contribution in [0, 0.1) is 34.5 Å². The van der Waals surface area contributed by atoms with E-state index in [2.05, 4.69) is 13.8 Å². The smallest absolute Gasteiger partial charge is 0.178 e. The fourth-order valence-corrected chi connectivity index (χ4v) is 8.47. The maximum Gasteiger partial charge on any atom is 0.178 e. The molecule has 1 saturated heterocycles. The lowest BCUT2D eigenvalue weighted by Gasteiger charge is -2.60. The molecule has 8 atom stereocenters. The van der Waals surface area contributed by atoms with Gasteiger partial charge in [-0.15, -0.1) is 0 Å². The van der Waals surface area contributed by atoms with E-state index in [1.54, 1.807) is 12.2 Å². The molecule has 5 unspecified atom stereocenters. The SMILES string of the molecule is CC1(C)COC(CO)([C@H]2CCC3C4CCC5=CC(=O)C=C[C@]5(C)C4C(O)C[C@@]32C)N1O. The average Bonchev–Trinajstić information content (AvgIpc) is 3.16. The van der Waals surface area contributed by atoms with Crippen LogP contribution in [0.2, 0.25) is 0 Å². The Bertz CT molecular complexity index is 851. The van der Waals surface area contributed by atoms with Gasteiger partial charge in [0.25, 0.3) is 0 Å². The molecule has 5 aliphatic rings. The third kappa shape index (κ3) is 2.72. The summed E-state index contributed by atoms with van der Waals surface area (Å²) in [5, 5.41) is 34.4. The predicted octanol–water partition coefficient (Wildman–Crippen LogP) is 3.07. The number of ketones is 1. The molecule has 3 saturated carbocycles. The van der Waals surface area contributed by atoms with Crippen molar-refractivity contribution in [3.8, 4) is 0 Å². The number of carbonyl (C=O) groups excluding carboxylic acids is 1. The molecule has 5 rings (SSSR count). The molecule has 172 valence electrons. The highest BCUT2D eigenvalue weighted by Crippen LogP contribution is 2.68. The topological polar surface area (TPSA) is 90.2 Å². The third-order valence-electron chi connectivity index (χ3n) is 9.87. The van der Waals surface area contributed by atoms with Crippen molar-refractivity contribution in [1.82, 2.24) is 5.06 Å². The quantitative estimate of drug-likeness (QED) is 0.623. The number of hydrogen-bond donors (Lipinski definition) is 3. The largest absolute Gasteiger partial charge is 0.393 e. The van der Waals surface area contributed by atoms with Gasteiger partial charge in [0.05, 0.1) is 24.9 Å². The Morgan fingerprint density at radius 3 is 2.58 bits per heavy atom. The van der Waals surface area contributed by atoms with Crippen molar-refractivity contribution in [3.63, 3.8) is 0 Å². The van der Waals surface area contributed by atoms with Gasteiger partial charge in [-0.1, -0.05) is 25.5 Å². The number of carbonyl (C=O) groups is 1. The normalized spacial score (nSPS) is 51.3. The Labute approximate surface area is 184 Å². The van der Waals surface area contributed by atoms with Crippen LogP contribution in [0.4, 0.5) is 0 Å². The molecule has 6 heteroatoms. The van der Waals surface area contributed by atoms with Crippen molar-refractivity contribution < 1.29 is 25.0 Å². The van der Waals surface area contributed by atoms with E-state index in [0.29, 0.717) is 24.9 Å². The molecule has 6 nitrogen and oxygen atoms in total. The lowest BCUT2D eigenvalue weighted by molar-refractivity contribution is -0.300. The van der Waals surface area contributed by atoms with E-state index >= 15 is 0 Å². The highest BCUT2D eigenvalue weighted by atomic mass is 16.6. The first-order chi connectivity index (χ1) is 14.5. The zero-order valence-electron chi connectivity index (χ0n) is 19.2. The van der Waals surface area contributed by atoms with Crippen molar-refractivity contribution in [3.05, 3.63) is 23.8 Å². The molecule has 0 amide bonds. The van der Waals surface area contributed by atoms with Crippen LogP contribution in [0.15, 0.2) is 23.8 Å². The van der Waals surface area contributed by atoms with Crippen molar-refractivity contribution in [2.75, 3.05) is 13.2 Å². The van der Waals surface area contributed by atoms with E-state index in [0.717, 1.165) is 31.3 Å². The van der Waals surface area contributed by atoms with Crippen molar-refractivity contribution in [1.29, 1.82) is 0 Å². The molecule has 0 aromatic rings. The molecular weight excluding hydrogens is 394 g/mol. The van der Waals surface area contributed by atoms with Crippen LogP contribution in [-0.4, -0.2) is 56.8 Å². The van der Waals surface area contributed by atoms with Crippen LogP contribution < -0.4 is 0 Å². The van der Waals surface area contributed by atoms with Gasteiger partial charge in [0.2, 0.25) is 0 Å². The summed E-state index contributed by atoms with van der Waals surface area (Å²) in [6.45, 7) is 8.38. The molecule has 0 bridgehead atoms. The van der Waals surface area contributed by atoms with Crippen LogP contribution in [0.5, 0.6) is 0 Å². The fourth-order valence-electron chi connectivity index (χ4n) is 8.47. The molecule has 1 heterocycles. The van der Waals surface area contributed by atoms with Crippen molar-refractivity contribution >= 4 is 5.78 Å². The summed E-state index contributed by atoms with van der Waals surface area (Å²) in [6, 6.07) is 0. The lowest BCUT2D eigenvalue weighted by atomic mass is 9.46. The molecule has 0 aromatic carbocycles. The Morgan fingerprint density at radius 1 is 1.19 bits per heavy atom. The maximum atomic E-state index is 12.0. The summed E-state index contributed by atoms with van der Waals surface area (Å²) in [4.78, 5) is 12.0. The standard InChI is InChI=1S/C25H37NO5/c1-22(2)14-31-25(13-27,26(22)30)20-8-7-18-17-6-5-15-11-16(28)9-10-23(15,3)21(17)19(29)12-24(18,20)4/h9-11,17-21,27,29-30H,5-8,12-14H2,1-4H3/t17?,18?,19?,20-,21?,23-,24-,25?/m0/s1. The molecule has 31 heavy (non-hydrogen) atoms. The lowest BCUT2D eigenvalue weighted by Crippen LogP contribution is -2.63. The van der Waals surface area contributed by atoms with Gasteiger partial charge in [-0.05, 0) is 75.4 Å². The summed E-state index contributed by atoms with van der Waals surface area (Å²) in [6.07, 6.45) is 9.33. The van der Waals surface area contributed by atoms with Crippen LogP contribution in [-0.2, 0) is 9.53 Å². The van der Waals surface area contributed by atoms with Gasteiger partial charge in [0.1, 0.15) is 0 Å². The number of ether oxygens (including phenoxy) is 1. The molecule has 0 aromatic heterocycles. The number of aliphatic hydroxyl groups excluding tert-OH is 2. The fraction of sp³-hybridized carbons (Fsp3) is 0.800. The summed E-state index contributed by atoms with van der Waals surface area (Å²) in [5.74, 6) is 0.807. The van der Waals surface area contributed by atoms with Crippen LogP contribution in [0.3, 0.4) is 0 Å². The van der Waals surface area contributed by atoms with E-state index < -0.39 is 17.4 Å². The number of rotatable bonds is 2. The van der Waals surface area contributed by atoms with Gasteiger partial charge in [0, 0.05) is 17.3 Å². The maximum absolute atomic E-state index is 12.0. The van der Waals surface area contributed by atoms with E-state index in [1.165, 1.54) is 5.06 Å². The van der Waals surface area contributed by atoms with Gasteiger partial charge >= 0.3 is 0 Å². The van der Waals surface area contributed by atoms with Crippen LogP contribution in [0.25, 0.3) is 0 Å². The summed E-state index contributed by atoms with van der Waals surface area (Å²) >= 11 is 0. The second kappa shape index (κ2) is 6.73. The number of nitrogens with zero attached hydrogens (tertiary/aromatic N) is 1. The Hall–Kier alpha value is -1.05. The van der Waals surface area contributed by atoms with Gasteiger partial charge < -0.3 is 20.2 Å². The minimum absolute atomic E-state index is 0.0518. The van der Waals surface area contributed by atoms with Gasteiger partial charge in [0.15, 0.2) is 11.5 Å². The molecule has 4 aliphatic carbocycles. The highest BCUT2D eigenvalue weighted by Gasteiger charge is 2.68. The van der Waals surface area contributed by atoms with Gasteiger partial charge in [-0.25, -0.2) is 0 Å². The minimum Gasteiger partial charge on any atom is -0.393 e. The second-order valence-corrected chi connectivity index (χ2v) is 11.8. The molecule has 0 spiro atoms. The first-order valence-electron chi connectivity index (χ1n) is 11.9. The summed E-state index contributed by atoms with van der Waals surface area (Å²) < 4.78 is 6.19. The van der Waals surface area contributed by atoms with Gasteiger partial charge in [-0.2, -0.15) is 5.06 Å². The number of aliphatic hydroxyl groups is 2. The van der Waals surface area contributed by atoms with Crippen LogP contribution in [0.1, 0.15) is 59.8 Å². The van der Waals surface area contributed by atoms with Crippen molar-refractivity contribution in [2.45, 2.75) is 77.2 Å². The third-order valence-corrected chi connectivity index (χ3v) is 9.87. The Kier molecular flexibility index (Phi) is 4.73. The highest BCUT2D eigenvalue weighted by molar-refractivity contribution is 6.01.